The smallest absolute Gasteiger partial charge is 0.325 e. The van der Waals surface area contributed by atoms with Crippen molar-refractivity contribution < 1.29 is 24.2 Å². The van der Waals surface area contributed by atoms with E-state index < -0.39 is 17.9 Å². The summed E-state index contributed by atoms with van der Waals surface area (Å²) in [6.07, 6.45) is 0.297. The van der Waals surface area contributed by atoms with Crippen LogP contribution in [0.3, 0.4) is 0 Å². The Balaban J connectivity index is 1.93. The molecule has 7 nitrogen and oxygen atoms in total. The third-order valence-electron chi connectivity index (χ3n) is 4.30. The van der Waals surface area contributed by atoms with Gasteiger partial charge in [-0.05, 0) is 54.8 Å². The Bertz CT molecular complexity index is 848. The molecule has 0 aliphatic rings. The monoisotopic (exact) mass is 384 g/mol. The van der Waals surface area contributed by atoms with Gasteiger partial charge < -0.3 is 20.5 Å². The number of benzene rings is 2. The Hall–Kier alpha value is -3.35. The molecule has 28 heavy (non-hydrogen) atoms. The number of hydrogen-bond donors (Lipinski definition) is 3. The summed E-state index contributed by atoms with van der Waals surface area (Å²) in [6.45, 7) is 3.35. The van der Waals surface area contributed by atoms with Crippen molar-refractivity contribution in [1.29, 1.82) is 0 Å². The Morgan fingerprint density at radius 1 is 1.07 bits per heavy atom. The normalized spacial score (nSPS) is 12.5. The van der Waals surface area contributed by atoms with Gasteiger partial charge in [-0.15, -0.1) is 0 Å². The first-order chi connectivity index (χ1) is 13.3. The third-order valence-corrected chi connectivity index (χ3v) is 4.30. The number of carboxylic acid groups (broad SMARTS) is 1. The maximum atomic E-state index is 12.3. The van der Waals surface area contributed by atoms with Gasteiger partial charge in [0, 0.05) is 17.7 Å². The van der Waals surface area contributed by atoms with E-state index >= 15 is 0 Å². The summed E-state index contributed by atoms with van der Waals surface area (Å²) in [5, 5.41) is 14.0. The van der Waals surface area contributed by atoms with Crippen LogP contribution in [0.2, 0.25) is 0 Å². The van der Waals surface area contributed by atoms with Crippen LogP contribution in [-0.2, 0) is 9.59 Å². The van der Waals surface area contributed by atoms with Crippen LogP contribution in [0, 0.1) is 0 Å². The number of amides is 2. The third kappa shape index (κ3) is 5.84. The van der Waals surface area contributed by atoms with Crippen molar-refractivity contribution in [3.8, 4) is 5.75 Å². The molecule has 0 radical (unpaired) electrons. The van der Waals surface area contributed by atoms with Gasteiger partial charge in [0.05, 0.1) is 7.11 Å². The van der Waals surface area contributed by atoms with E-state index in [0.717, 1.165) is 11.3 Å². The topological polar surface area (TPSA) is 105 Å². The number of rotatable bonds is 8. The summed E-state index contributed by atoms with van der Waals surface area (Å²) in [7, 11) is 1.60. The highest BCUT2D eigenvalue weighted by molar-refractivity contribution is 5.97. The van der Waals surface area contributed by atoms with Gasteiger partial charge >= 0.3 is 5.97 Å². The maximum absolute atomic E-state index is 12.3. The number of anilines is 1. The fourth-order valence-electron chi connectivity index (χ4n) is 2.60. The van der Waals surface area contributed by atoms with Gasteiger partial charge in [0.25, 0.3) is 5.91 Å². The molecule has 0 fully saturated rings. The first-order valence-corrected chi connectivity index (χ1v) is 8.87. The summed E-state index contributed by atoms with van der Waals surface area (Å²) in [5.74, 6) is -0.984. The highest BCUT2D eigenvalue weighted by Crippen LogP contribution is 2.23. The molecule has 0 saturated heterocycles. The molecule has 0 aliphatic heterocycles. The fraction of sp³-hybridized carbons (Fsp3) is 0.286. The largest absolute Gasteiger partial charge is 0.497 e. The predicted molar refractivity (Wildman–Crippen MR) is 106 cm³/mol. The minimum absolute atomic E-state index is 0.0117. The summed E-state index contributed by atoms with van der Waals surface area (Å²) in [4.78, 5) is 35.1. The van der Waals surface area contributed by atoms with E-state index in [1.807, 2.05) is 31.2 Å². The average molecular weight is 384 g/mol. The van der Waals surface area contributed by atoms with Crippen molar-refractivity contribution in [2.45, 2.75) is 32.2 Å². The molecule has 0 heterocycles. The number of methoxy groups -OCH3 is 1. The molecule has 2 atom stereocenters. The zero-order valence-electron chi connectivity index (χ0n) is 16.1. The van der Waals surface area contributed by atoms with E-state index in [4.69, 9.17) is 9.84 Å². The highest BCUT2D eigenvalue weighted by Gasteiger charge is 2.16. The second-order valence-corrected chi connectivity index (χ2v) is 6.54. The van der Waals surface area contributed by atoms with Crippen molar-refractivity contribution in [2.75, 3.05) is 12.4 Å². The molecule has 2 rings (SSSR count). The number of ether oxygens (including phenoxy) is 1. The number of carboxylic acids is 1. The molecule has 0 saturated carbocycles. The van der Waals surface area contributed by atoms with Crippen molar-refractivity contribution in [2.24, 2.45) is 0 Å². The zero-order valence-corrected chi connectivity index (χ0v) is 16.1. The Morgan fingerprint density at radius 3 is 2.36 bits per heavy atom. The summed E-state index contributed by atoms with van der Waals surface area (Å²) >= 11 is 0. The molecular weight excluding hydrogens is 360 g/mol. The van der Waals surface area contributed by atoms with Crippen LogP contribution in [0.1, 0.15) is 42.1 Å². The summed E-state index contributed by atoms with van der Waals surface area (Å²) in [5.41, 5.74) is 1.88. The van der Waals surface area contributed by atoms with Gasteiger partial charge in [-0.1, -0.05) is 19.1 Å². The van der Waals surface area contributed by atoms with Crippen molar-refractivity contribution >= 4 is 23.5 Å². The lowest BCUT2D eigenvalue weighted by atomic mass is 9.97. The average Bonchev–Trinajstić information content (AvgIpc) is 2.68. The van der Waals surface area contributed by atoms with Crippen molar-refractivity contribution in [1.82, 2.24) is 5.32 Å². The lowest BCUT2D eigenvalue weighted by Gasteiger charge is -2.13. The van der Waals surface area contributed by atoms with E-state index in [1.165, 1.54) is 19.1 Å². The lowest BCUT2D eigenvalue weighted by molar-refractivity contribution is -0.138. The van der Waals surface area contributed by atoms with Gasteiger partial charge in [0.1, 0.15) is 11.8 Å². The van der Waals surface area contributed by atoms with Crippen LogP contribution in [0.25, 0.3) is 0 Å². The van der Waals surface area contributed by atoms with Gasteiger partial charge in [-0.25, -0.2) is 0 Å². The molecule has 0 spiro atoms. The molecule has 0 aliphatic carbocycles. The van der Waals surface area contributed by atoms with Crippen LogP contribution in [0.4, 0.5) is 5.69 Å². The number of nitrogens with one attached hydrogen (secondary N) is 2. The predicted octanol–water partition coefficient (Wildman–Crippen LogP) is 3.03. The first kappa shape index (κ1) is 21.0. The number of carbonyl (C=O) groups excluding carboxylic acids is 2. The number of aliphatic carboxylic acids is 1. The van der Waals surface area contributed by atoms with Gasteiger partial charge in [-0.2, -0.15) is 0 Å². The lowest BCUT2D eigenvalue weighted by Crippen LogP contribution is -2.38. The van der Waals surface area contributed by atoms with Gasteiger partial charge in [0.15, 0.2) is 0 Å². The van der Waals surface area contributed by atoms with E-state index in [-0.39, 0.29) is 11.8 Å². The van der Waals surface area contributed by atoms with E-state index in [1.54, 1.807) is 19.2 Å². The maximum Gasteiger partial charge on any atom is 0.325 e. The molecule has 0 aromatic heterocycles. The highest BCUT2D eigenvalue weighted by atomic mass is 16.5. The first-order valence-electron chi connectivity index (χ1n) is 8.87. The zero-order chi connectivity index (χ0) is 20.7. The van der Waals surface area contributed by atoms with Gasteiger partial charge in [-0.3, -0.25) is 14.4 Å². The van der Waals surface area contributed by atoms with Crippen LogP contribution in [-0.4, -0.2) is 36.0 Å². The van der Waals surface area contributed by atoms with E-state index in [2.05, 4.69) is 10.6 Å². The molecular formula is C21H24N2O5. The summed E-state index contributed by atoms with van der Waals surface area (Å²) in [6, 6.07) is 12.9. The molecule has 3 N–H and O–H groups in total. The minimum Gasteiger partial charge on any atom is -0.497 e. The quantitative estimate of drug-likeness (QED) is 0.649. The van der Waals surface area contributed by atoms with Crippen molar-refractivity contribution in [3.63, 3.8) is 0 Å². The second kappa shape index (κ2) is 9.55. The SMILES string of the molecule is COc1cccc(C(C)CC(=O)Nc2ccc(C(=O)NC(C)C(=O)O)cc2)c1. The molecule has 0 bridgehead atoms. The molecule has 2 aromatic carbocycles. The van der Waals surface area contributed by atoms with Crippen LogP contribution >= 0.6 is 0 Å². The van der Waals surface area contributed by atoms with Crippen LogP contribution < -0.4 is 15.4 Å². The van der Waals surface area contributed by atoms with Crippen LogP contribution in [0.15, 0.2) is 48.5 Å². The summed E-state index contributed by atoms with van der Waals surface area (Å²) < 4.78 is 5.21. The standard InChI is InChI=1S/C21H24N2O5/c1-13(16-5-4-6-18(12-16)28-3)11-19(24)23-17-9-7-15(8-10-17)20(25)22-14(2)21(26)27/h4-10,12-14H,11H2,1-3H3,(H,22,25)(H,23,24)(H,26,27). The number of carbonyl (C=O) groups is 3. The van der Waals surface area contributed by atoms with Gasteiger partial charge in [0.2, 0.25) is 5.91 Å². The van der Waals surface area contributed by atoms with E-state index in [9.17, 15) is 14.4 Å². The molecule has 2 amide bonds. The Kier molecular flexibility index (Phi) is 7.14. The molecule has 7 heteroatoms. The van der Waals surface area contributed by atoms with E-state index in [0.29, 0.717) is 17.7 Å². The Labute approximate surface area is 163 Å². The number of hydrogen-bond acceptors (Lipinski definition) is 4. The molecule has 2 unspecified atom stereocenters. The minimum atomic E-state index is -1.11. The second-order valence-electron chi connectivity index (χ2n) is 6.54. The molecule has 148 valence electrons. The van der Waals surface area contributed by atoms with Crippen molar-refractivity contribution in [3.05, 3.63) is 59.7 Å². The fourth-order valence-corrected chi connectivity index (χ4v) is 2.60. The van der Waals surface area contributed by atoms with Crippen LogP contribution in [0.5, 0.6) is 5.75 Å². The Morgan fingerprint density at radius 2 is 1.75 bits per heavy atom. The molecule has 2 aromatic rings.